The predicted octanol–water partition coefficient (Wildman–Crippen LogP) is -0.282. The zero-order valence-electron chi connectivity index (χ0n) is 8.17. The van der Waals surface area contributed by atoms with Crippen molar-refractivity contribution in [2.45, 2.75) is 12.1 Å². The van der Waals surface area contributed by atoms with Crippen molar-refractivity contribution in [1.29, 1.82) is 0 Å². The number of hydrogen-bond donors (Lipinski definition) is 2. The number of hydrazone groups is 1. The molecule has 14 heavy (non-hydrogen) atoms. The van der Waals surface area contributed by atoms with Crippen LogP contribution in [0.1, 0.15) is 0 Å². The third-order valence-corrected chi connectivity index (χ3v) is 2.76. The van der Waals surface area contributed by atoms with Gasteiger partial charge in [0, 0.05) is 25.7 Å². The lowest BCUT2D eigenvalue weighted by Crippen LogP contribution is -2.39. The number of aliphatic hydroxyl groups is 1. The molecule has 0 aromatic heterocycles. The molecule has 1 heterocycles. The summed E-state index contributed by atoms with van der Waals surface area (Å²) in [6.45, 7) is 0.261. The van der Waals surface area contributed by atoms with Crippen LogP contribution in [0.2, 0.25) is 0 Å². The molecule has 1 aliphatic carbocycles. The molecular weight excluding hydrogens is 178 g/mol. The lowest BCUT2D eigenvalue weighted by atomic mass is 9.87. The minimum absolute atomic E-state index is 0.151. The maximum Gasteiger partial charge on any atom is 0.0896 e. The Labute approximate surface area is 83.4 Å². The van der Waals surface area contributed by atoms with E-state index in [9.17, 15) is 5.11 Å². The van der Waals surface area contributed by atoms with Gasteiger partial charge in [-0.25, -0.2) is 0 Å². The molecule has 0 fully saturated rings. The van der Waals surface area contributed by atoms with Crippen LogP contribution >= 0.6 is 0 Å². The minimum atomic E-state index is -0.559. The topological polar surface area (TPSA) is 61.8 Å². The molecule has 1 aliphatic heterocycles. The monoisotopic (exact) mass is 193 g/mol. The van der Waals surface area contributed by atoms with E-state index < -0.39 is 6.10 Å². The van der Waals surface area contributed by atoms with E-state index in [4.69, 9.17) is 5.73 Å². The van der Waals surface area contributed by atoms with Gasteiger partial charge in [0.25, 0.3) is 0 Å². The molecule has 0 spiro atoms. The Hall–Kier alpha value is -1.13. The van der Waals surface area contributed by atoms with Crippen molar-refractivity contribution in [3.05, 3.63) is 23.8 Å². The van der Waals surface area contributed by atoms with Gasteiger partial charge in [-0.15, -0.1) is 0 Å². The van der Waals surface area contributed by atoms with Gasteiger partial charge in [0.15, 0.2) is 0 Å². The van der Waals surface area contributed by atoms with Crippen LogP contribution in [-0.4, -0.2) is 42.1 Å². The second-order valence-corrected chi connectivity index (χ2v) is 3.66. The number of rotatable bonds is 2. The second kappa shape index (κ2) is 3.55. The molecule has 0 saturated carbocycles. The number of aliphatic hydroxyl groups excluding tert-OH is 1. The van der Waals surface area contributed by atoms with Crippen LogP contribution in [0, 0.1) is 5.92 Å². The summed E-state index contributed by atoms with van der Waals surface area (Å²) in [5.74, 6) is 0.279. The van der Waals surface area contributed by atoms with Gasteiger partial charge >= 0.3 is 0 Å². The SMILES string of the molecule is CN1N=CC2C=CC=C(C(O)CN)C21. The Bertz CT molecular complexity index is 308. The van der Waals surface area contributed by atoms with E-state index in [1.54, 1.807) is 0 Å². The van der Waals surface area contributed by atoms with E-state index in [0.29, 0.717) is 0 Å². The van der Waals surface area contributed by atoms with E-state index in [1.807, 2.05) is 30.4 Å². The van der Waals surface area contributed by atoms with E-state index in [0.717, 1.165) is 5.57 Å². The van der Waals surface area contributed by atoms with Crippen LogP contribution in [-0.2, 0) is 0 Å². The van der Waals surface area contributed by atoms with E-state index >= 15 is 0 Å². The van der Waals surface area contributed by atoms with Crippen LogP contribution in [0.3, 0.4) is 0 Å². The summed E-state index contributed by atoms with van der Waals surface area (Å²) < 4.78 is 0. The largest absolute Gasteiger partial charge is 0.387 e. The number of nitrogens with two attached hydrogens (primary N) is 1. The molecule has 2 aliphatic rings. The zero-order chi connectivity index (χ0) is 10.1. The zero-order valence-corrected chi connectivity index (χ0v) is 8.17. The Morgan fingerprint density at radius 2 is 2.50 bits per heavy atom. The van der Waals surface area contributed by atoms with Crippen molar-refractivity contribution in [3.63, 3.8) is 0 Å². The Morgan fingerprint density at radius 1 is 1.71 bits per heavy atom. The van der Waals surface area contributed by atoms with Gasteiger partial charge in [0.2, 0.25) is 0 Å². The van der Waals surface area contributed by atoms with E-state index in [2.05, 4.69) is 11.2 Å². The third kappa shape index (κ3) is 1.36. The molecule has 0 amide bonds. The fourth-order valence-corrected chi connectivity index (χ4v) is 2.02. The Balaban J connectivity index is 2.24. The van der Waals surface area contributed by atoms with Gasteiger partial charge in [-0.3, -0.25) is 5.01 Å². The lowest BCUT2D eigenvalue weighted by molar-refractivity contribution is 0.181. The molecule has 4 nitrogen and oxygen atoms in total. The summed E-state index contributed by atoms with van der Waals surface area (Å²) in [5, 5.41) is 15.8. The summed E-state index contributed by atoms with van der Waals surface area (Å²) in [4.78, 5) is 0. The molecule has 76 valence electrons. The first-order chi connectivity index (χ1) is 6.74. The van der Waals surface area contributed by atoms with Gasteiger partial charge in [-0.1, -0.05) is 18.2 Å². The first kappa shape index (κ1) is 9.43. The first-order valence-electron chi connectivity index (χ1n) is 4.77. The van der Waals surface area contributed by atoms with Gasteiger partial charge in [-0.2, -0.15) is 5.10 Å². The smallest absolute Gasteiger partial charge is 0.0896 e. The molecule has 3 unspecified atom stereocenters. The molecule has 0 radical (unpaired) electrons. The summed E-state index contributed by atoms with van der Waals surface area (Å²) in [6, 6.07) is 0.151. The molecule has 3 atom stereocenters. The van der Waals surface area contributed by atoms with Crippen LogP contribution in [0.5, 0.6) is 0 Å². The molecule has 3 N–H and O–H groups in total. The standard InChI is InChI=1S/C10H15N3O/c1-13-10-7(6-12-13)3-2-4-8(10)9(14)5-11/h2-4,6-7,9-10,14H,5,11H2,1H3. The first-order valence-corrected chi connectivity index (χ1v) is 4.77. The highest BCUT2D eigenvalue weighted by Crippen LogP contribution is 2.28. The van der Waals surface area contributed by atoms with Crippen molar-refractivity contribution < 1.29 is 5.11 Å². The van der Waals surface area contributed by atoms with Gasteiger partial charge in [-0.05, 0) is 5.57 Å². The Morgan fingerprint density at radius 3 is 3.21 bits per heavy atom. The van der Waals surface area contributed by atoms with Crippen molar-refractivity contribution in [1.82, 2.24) is 5.01 Å². The van der Waals surface area contributed by atoms with Gasteiger partial charge < -0.3 is 10.8 Å². The third-order valence-electron chi connectivity index (χ3n) is 2.76. The summed E-state index contributed by atoms with van der Waals surface area (Å²) in [5.41, 5.74) is 6.42. The molecular formula is C10H15N3O. The van der Waals surface area contributed by atoms with Crippen molar-refractivity contribution in [3.8, 4) is 0 Å². The van der Waals surface area contributed by atoms with E-state index in [1.165, 1.54) is 0 Å². The second-order valence-electron chi connectivity index (χ2n) is 3.66. The summed E-state index contributed by atoms with van der Waals surface area (Å²) in [7, 11) is 1.91. The number of fused-ring (bicyclic) bond motifs is 1. The van der Waals surface area contributed by atoms with Gasteiger partial charge in [0.1, 0.15) is 0 Å². The van der Waals surface area contributed by atoms with Crippen LogP contribution in [0.25, 0.3) is 0 Å². The highest BCUT2D eigenvalue weighted by Gasteiger charge is 2.34. The number of allylic oxidation sites excluding steroid dienone is 2. The van der Waals surface area contributed by atoms with Gasteiger partial charge in [0.05, 0.1) is 12.1 Å². The van der Waals surface area contributed by atoms with E-state index in [-0.39, 0.29) is 18.5 Å². The highest BCUT2D eigenvalue weighted by molar-refractivity contribution is 5.68. The van der Waals surface area contributed by atoms with Crippen molar-refractivity contribution >= 4 is 6.21 Å². The van der Waals surface area contributed by atoms with Crippen molar-refractivity contribution in [2.24, 2.45) is 16.8 Å². The van der Waals surface area contributed by atoms with Crippen LogP contribution in [0.15, 0.2) is 28.9 Å². The predicted molar refractivity (Wildman–Crippen MR) is 55.8 cm³/mol. The fraction of sp³-hybridized carbons (Fsp3) is 0.500. The molecule has 0 saturated heterocycles. The highest BCUT2D eigenvalue weighted by atomic mass is 16.3. The maximum absolute atomic E-state index is 9.74. The molecule has 4 heteroatoms. The minimum Gasteiger partial charge on any atom is -0.387 e. The van der Waals surface area contributed by atoms with Crippen molar-refractivity contribution in [2.75, 3.05) is 13.6 Å². The fourth-order valence-electron chi connectivity index (χ4n) is 2.02. The Kier molecular flexibility index (Phi) is 2.39. The lowest BCUT2D eigenvalue weighted by Gasteiger charge is -2.30. The summed E-state index contributed by atoms with van der Waals surface area (Å²) in [6.07, 6.45) is 7.32. The molecule has 2 rings (SSSR count). The number of nitrogens with zero attached hydrogens (tertiary/aromatic N) is 2. The quantitative estimate of drug-likeness (QED) is 0.634. The maximum atomic E-state index is 9.74. The molecule has 0 aromatic carbocycles. The number of likely N-dealkylation sites (N-methyl/N-ethyl adjacent to an activating group) is 1. The molecule has 0 aromatic rings. The summed E-state index contributed by atoms with van der Waals surface area (Å²) >= 11 is 0. The normalized spacial score (nSPS) is 31.6. The number of hydrogen-bond acceptors (Lipinski definition) is 4. The average Bonchev–Trinajstić information content (AvgIpc) is 2.59. The molecule has 0 bridgehead atoms. The van der Waals surface area contributed by atoms with Crippen LogP contribution < -0.4 is 5.73 Å². The van der Waals surface area contributed by atoms with Crippen LogP contribution in [0.4, 0.5) is 0 Å². The average molecular weight is 193 g/mol.